The number of carbonyl (C=O) groups excluding carboxylic acids is 4. The van der Waals surface area contributed by atoms with Crippen LogP contribution < -0.4 is 21.7 Å². The summed E-state index contributed by atoms with van der Waals surface area (Å²) in [5.41, 5.74) is 22.4. The Morgan fingerprint density at radius 3 is 1.11 bits per heavy atom. The van der Waals surface area contributed by atoms with Crippen molar-refractivity contribution < 1.29 is 48.9 Å². The van der Waals surface area contributed by atoms with E-state index in [-0.39, 0.29) is 19.5 Å². The normalized spacial score (nSPS) is 11.9. The van der Waals surface area contributed by atoms with Crippen LogP contribution in [0.25, 0.3) is 11.5 Å². The van der Waals surface area contributed by atoms with Crippen LogP contribution in [0.3, 0.4) is 0 Å². The summed E-state index contributed by atoms with van der Waals surface area (Å²) in [7, 11) is 0. The minimum atomic E-state index is -1.58. The van der Waals surface area contributed by atoms with Gasteiger partial charge in [0.1, 0.15) is 0 Å². The summed E-state index contributed by atoms with van der Waals surface area (Å²) in [6.07, 6.45) is -0.968. The minimum Gasteiger partial charge on any atom is -0.669 e. The third-order valence-corrected chi connectivity index (χ3v) is 1.38. The van der Waals surface area contributed by atoms with Gasteiger partial charge in [-0.15, -0.1) is 0 Å². The Labute approximate surface area is 121 Å². The van der Waals surface area contributed by atoms with Crippen molar-refractivity contribution in [3.05, 3.63) is 11.5 Å². The number of aliphatic carboxylic acids is 2. The number of hydrogen-bond acceptors (Lipinski definition) is 6. The Morgan fingerprint density at radius 2 is 1.05 bits per heavy atom. The monoisotopic (exact) mass is 324 g/mol. The molecule has 6 N–H and O–H groups in total. The molecule has 0 aliphatic carbocycles. The van der Waals surface area contributed by atoms with Crippen molar-refractivity contribution in [1.29, 1.82) is 0 Å². The van der Waals surface area contributed by atoms with Gasteiger partial charge in [0.2, 0.25) is 11.8 Å². The van der Waals surface area contributed by atoms with E-state index in [4.69, 9.17) is 11.5 Å². The standard InChI is InChI=1S/2C4H7N2O3.Zn/c2*5-2(4(8)9)1-3(6)7;/h2*2,5H,1H2,(H2,6,7)(H,8,9);/q2*-1;+2/p-2. The van der Waals surface area contributed by atoms with Crippen LogP contribution in [-0.2, 0) is 38.7 Å². The van der Waals surface area contributed by atoms with Crippen molar-refractivity contribution in [2.75, 3.05) is 0 Å². The first-order valence-electron chi connectivity index (χ1n) is 4.48. The summed E-state index contributed by atoms with van der Waals surface area (Å²) in [6.45, 7) is 0. The second kappa shape index (κ2) is 11.5. The van der Waals surface area contributed by atoms with Crippen molar-refractivity contribution in [2.24, 2.45) is 11.5 Å². The van der Waals surface area contributed by atoms with Gasteiger partial charge in [-0.2, -0.15) is 0 Å². The molecule has 0 aliphatic heterocycles. The summed E-state index contributed by atoms with van der Waals surface area (Å²) >= 11 is 0. The number of nitrogens with two attached hydrogens (primary N) is 2. The van der Waals surface area contributed by atoms with Gasteiger partial charge in [0.15, 0.2) is 0 Å². The van der Waals surface area contributed by atoms with Crippen molar-refractivity contribution in [3.63, 3.8) is 0 Å². The maximum absolute atomic E-state index is 9.93. The number of carboxylic acids is 2. The molecule has 0 aliphatic rings. The molecule has 11 heteroatoms. The van der Waals surface area contributed by atoms with E-state index >= 15 is 0 Å². The molecule has 104 valence electrons. The fourth-order valence-corrected chi connectivity index (χ4v) is 0.569. The molecule has 0 spiro atoms. The molecule has 0 aromatic rings. The van der Waals surface area contributed by atoms with E-state index in [0.717, 1.165) is 0 Å². The maximum Gasteiger partial charge on any atom is 2.00 e. The number of carbonyl (C=O) groups is 4. The predicted molar refractivity (Wildman–Crippen MR) is 53.9 cm³/mol. The van der Waals surface area contributed by atoms with Crippen LogP contribution in [0.4, 0.5) is 0 Å². The smallest absolute Gasteiger partial charge is 0.669 e. The fraction of sp³-hybridized carbons (Fsp3) is 0.500. The van der Waals surface area contributed by atoms with Crippen molar-refractivity contribution >= 4 is 23.8 Å². The number of nitrogens with one attached hydrogen (secondary N) is 2. The van der Waals surface area contributed by atoms with E-state index in [1.165, 1.54) is 0 Å². The first kappa shape index (κ1) is 22.6. The second-order valence-electron chi connectivity index (χ2n) is 3.08. The molecule has 0 aromatic carbocycles. The number of hydrogen-bond donors (Lipinski definition) is 2. The molecular weight excluding hydrogens is 313 g/mol. The number of rotatable bonds is 6. The molecule has 0 bridgehead atoms. The largest absolute Gasteiger partial charge is 2.00 e. The van der Waals surface area contributed by atoms with Gasteiger partial charge in [-0.1, -0.05) is 12.1 Å². The Morgan fingerprint density at radius 1 is 0.842 bits per heavy atom. The van der Waals surface area contributed by atoms with Crippen LogP contribution in [0, 0.1) is 0 Å². The quantitative estimate of drug-likeness (QED) is 0.464. The Bertz CT molecular complexity index is 305. The topological polar surface area (TPSA) is 214 Å². The Kier molecular flexibility index (Phi) is 13.7. The van der Waals surface area contributed by atoms with Gasteiger partial charge in [-0.05, 0) is 0 Å². The molecule has 0 aromatic heterocycles. The van der Waals surface area contributed by atoms with Gasteiger partial charge < -0.3 is 42.7 Å². The average Bonchev–Trinajstić information content (AvgIpc) is 2.16. The molecule has 2 amide bonds. The van der Waals surface area contributed by atoms with Gasteiger partial charge >= 0.3 is 19.5 Å². The SMILES string of the molecule is [NH-]C(CC(N)=O)C(=O)[O-].[NH-]C(CC(N)=O)C(=O)[O-].[Zn+2]. The Hall–Kier alpha value is -1.58. The first-order valence-corrected chi connectivity index (χ1v) is 4.48. The Balaban J connectivity index is -0.000000256. The maximum atomic E-state index is 9.93. The molecule has 2 atom stereocenters. The predicted octanol–water partition coefficient (Wildman–Crippen LogP) is -3.94. The molecule has 0 saturated heterocycles. The molecule has 0 saturated carbocycles. The number of amides is 2. The zero-order chi connectivity index (χ0) is 14.9. The van der Waals surface area contributed by atoms with Crippen LogP contribution in [0.15, 0.2) is 0 Å². The summed E-state index contributed by atoms with van der Waals surface area (Å²) in [5.74, 6) is -4.76. The molecule has 0 fully saturated rings. The molecule has 2 unspecified atom stereocenters. The van der Waals surface area contributed by atoms with Gasteiger partial charge in [0.25, 0.3) is 0 Å². The van der Waals surface area contributed by atoms with E-state index in [2.05, 4.69) is 11.5 Å². The van der Waals surface area contributed by atoms with Crippen LogP contribution in [-0.4, -0.2) is 35.8 Å². The summed E-state index contributed by atoms with van der Waals surface area (Å²) in [5, 5.41) is 19.5. The molecular formula is C8H12N4O6Zn-2. The van der Waals surface area contributed by atoms with Crippen LogP contribution >= 0.6 is 0 Å². The number of primary amides is 2. The van der Waals surface area contributed by atoms with Crippen molar-refractivity contribution in [3.8, 4) is 0 Å². The molecule has 10 nitrogen and oxygen atoms in total. The number of carboxylic acid groups (broad SMARTS) is 2. The minimum absolute atomic E-state index is 0. The van der Waals surface area contributed by atoms with Gasteiger partial charge in [0, 0.05) is 24.8 Å². The van der Waals surface area contributed by atoms with Crippen LogP contribution in [0.2, 0.25) is 0 Å². The van der Waals surface area contributed by atoms with Crippen molar-refractivity contribution in [1.82, 2.24) is 0 Å². The zero-order valence-electron chi connectivity index (χ0n) is 9.88. The van der Waals surface area contributed by atoms with Crippen molar-refractivity contribution in [2.45, 2.75) is 24.9 Å². The van der Waals surface area contributed by atoms with E-state index in [9.17, 15) is 29.4 Å². The molecule has 0 radical (unpaired) electrons. The molecule has 0 heterocycles. The molecule has 19 heavy (non-hydrogen) atoms. The summed E-state index contributed by atoms with van der Waals surface area (Å²) in [6, 6.07) is -3.05. The van der Waals surface area contributed by atoms with E-state index < -0.39 is 48.7 Å². The second-order valence-corrected chi connectivity index (χ2v) is 3.08. The first-order chi connectivity index (χ1) is 8.07. The third-order valence-electron chi connectivity index (χ3n) is 1.38. The summed E-state index contributed by atoms with van der Waals surface area (Å²) < 4.78 is 0. The summed E-state index contributed by atoms with van der Waals surface area (Å²) in [4.78, 5) is 39.3. The molecule has 0 rings (SSSR count). The van der Waals surface area contributed by atoms with E-state index in [1.807, 2.05) is 0 Å². The van der Waals surface area contributed by atoms with Crippen LogP contribution in [0.1, 0.15) is 12.8 Å². The zero-order valence-corrected chi connectivity index (χ0v) is 12.8. The van der Waals surface area contributed by atoms with E-state index in [0.29, 0.717) is 0 Å². The van der Waals surface area contributed by atoms with Gasteiger partial charge in [-0.3, -0.25) is 9.59 Å². The fourth-order valence-electron chi connectivity index (χ4n) is 0.569. The average molecular weight is 326 g/mol. The third kappa shape index (κ3) is 16.4. The van der Waals surface area contributed by atoms with Gasteiger partial charge in [-0.25, -0.2) is 0 Å². The van der Waals surface area contributed by atoms with E-state index in [1.54, 1.807) is 0 Å². The van der Waals surface area contributed by atoms with Gasteiger partial charge in [0.05, 0.1) is 0 Å². The van der Waals surface area contributed by atoms with Crippen LogP contribution in [0.5, 0.6) is 0 Å².